The topological polar surface area (TPSA) is 102 Å². The second-order valence-corrected chi connectivity index (χ2v) is 7.70. The molecule has 0 fully saturated rings. The second-order valence-electron chi connectivity index (χ2n) is 7.70. The Balaban J connectivity index is 1.60. The first-order valence-electron chi connectivity index (χ1n) is 10.1. The van der Waals surface area contributed by atoms with Crippen LogP contribution in [0.2, 0.25) is 0 Å². The number of nitrogens with two attached hydrogens (primary N) is 1. The fraction of sp³-hybridized carbons (Fsp3) is 0.167. The normalized spacial score (nSPS) is 12.1. The van der Waals surface area contributed by atoms with Gasteiger partial charge in [-0.3, -0.25) is 13.9 Å². The van der Waals surface area contributed by atoms with E-state index in [0.717, 1.165) is 5.56 Å². The van der Waals surface area contributed by atoms with E-state index in [1.54, 1.807) is 55.5 Å². The first-order chi connectivity index (χ1) is 15.3. The van der Waals surface area contributed by atoms with Crippen molar-refractivity contribution in [1.29, 1.82) is 0 Å². The standard InChI is InChI=1S/C24H23FN4O3/c1-15(30)13-28-21-11-10-18(25)12-22(21)29(24(28)32)14-16-6-8-17(9-7-16)23(31)27-20-5-3-2-4-19(20)26/h2-12,15,30H,13-14,26H2,1H3,(H,27,31). The highest BCUT2D eigenvalue weighted by Crippen LogP contribution is 2.19. The van der Waals surface area contributed by atoms with Gasteiger partial charge in [-0.2, -0.15) is 0 Å². The minimum atomic E-state index is -0.728. The summed E-state index contributed by atoms with van der Waals surface area (Å²) >= 11 is 0. The molecule has 4 N–H and O–H groups in total. The molecule has 1 atom stereocenters. The molecule has 1 amide bonds. The SMILES string of the molecule is CC(O)Cn1c(=O)n(Cc2ccc(C(=O)Nc3ccccc3N)cc2)c2cc(F)ccc21. The zero-order valence-corrected chi connectivity index (χ0v) is 17.5. The highest BCUT2D eigenvalue weighted by molar-refractivity contribution is 6.05. The Morgan fingerprint density at radius 2 is 1.78 bits per heavy atom. The Bertz CT molecular complexity index is 1340. The van der Waals surface area contributed by atoms with Crippen LogP contribution in [0.3, 0.4) is 0 Å². The number of hydrogen-bond acceptors (Lipinski definition) is 4. The number of anilines is 2. The number of benzene rings is 3. The van der Waals surface area contributed by atoms with E-state index in [4.69, 9.17) is 5.73 Å². The Labute approximate surface area is 183 Å². The first kappa shape index (κ1) is 21.3. The van der Waals surface area contributed by atoms with E-state index in [0.29, 0.717) is 28.0 Å². The molecule has 7 nitrogen and oxygen atoms in total. The summed E-state index contributed by atoms with van der Waals surface area (Å²) in [7, 11) is 0. The summed E-state index contributed by atoms with van der Waals surface area (Å²) in [5.74, 6) is -0.755. The van der Waals surface area contributed by atoms with Gasteiger partial charge in [0.25, 0.3) is 5.91 Å². The monoisotopic (exact) mass is 434 g/mol. The van der Waals surface area contributed by atoms with Gasteiger partial charge in [-0.15, -0.1) is 0 Å². The number of rotatable bonds is 6. The lowest BCUT2D eigenvalue weighted by molar-refractivity contribution is 0.102. The van der Waals surface area contributed by atoms with Crippen LogP contribution in [0.5, 0.6) is 0 Å². The Hall–Kier alpha value is -3.91. The number of para-hydroxylation sites is 2. The minimum absolute atomic E-state index is 0.107. The van der Waals surface area contributed by atoms with Crippen molar-refractivity contribution in [1.82, 2.24) is 9.13 Å². The Morgan fingerprint density at radius 3 is 2.47 bits per heavy atom. The van der Waals surface area contributed by atoms with Crippen molar-refractivity contribution in [2.45, 2.75) is 26.1 Å². The number of amides is 1. The van der Waals surface area contributed by atoms with Crippen molar-refractivity contribution in [3.8, 4) is 0 Å². The molecule has 0 saturated heterocycles. The number of carbonyl (C=O) groups excluding carboxylic acids is 1. The molecule has 1 aromatic heterocycles. The number of nitrogens with one attached hydrogen (secondary N) is 1. The zero-order chi connectivity index (χ0) is 22.8. The smallest absolute Gasteiger partial charge is 0.329 e. The van der Waals surface area contributed by atoms with Crippen molar-refractivity contribution in [3.05, 3.63) is 94.2 Å². The fourth-order valence-electron chi connectivity index (χ4n) is 3.64. The molecule has 0 aliphatic rings. The largest absolute Gasteiger partial charge is 0.397 e. The third-order valence-corrected chi connectivity index (χ3v) is 5.19. The summed E-state index contributed by atoms with van der Waals surface area (Å²) in [5.41, 5.74) is 8.72. The van der Waals surface area contributed by atoms with Gasteiger partial charge in [0.1, 0.15) is 5.82 Å². The summed E-state index contributed by atoms with van der Waals surface area (Å²) in [6.07, 6.45) is -0.728. The molecule has 0 radical (unpaired) electrons. The molecular formula is C24H23FN4O3. The van der Waals surface area contributed by atoms with Crippen LogP contribution in [0, 0.1) is 5.82 Å². The lowest BCUT2D eigenvalue weighted by Crippen LogP contribution is -2.28. The van der Waals surface area contributed by atoms with Gasteiger partial charge in [0.2, 0.25) is 0 Å². The summed E-state index contributed by atoms with van der Waals surface area (Å²) in [5, 5.41) is 12.5. The highest BCUT2D eigenvalue weighted by Gasteiger charge is 2.16. The molecule has 0 aliphatic carbocycles. The van der Waals surface area contributed by atoms with E-state index in [-0.39, 0.29) is 24.7 Å². The summed E-state index contributed by atoms with van der Waals surface area (Å²) in [4.78, 5) is 25.5. The summed E-state index contributed by atoms with van der Waals surface area (Å²) in [6, 6.07) is 17.9. The molecule has 4 aromatic rings. The predicted octanol–water partition coefficient (Wildman–Crippen LogP) is 3.21. The number of aromatic nitrogens is 2. The number of carbonyl (C=O) groups is 1. The molecule has 3 aromatic carbocycles. The number of aliphatic hydroxyl groups excluding tert-OH is 1. The summed E-state index contributed by atoms with van der Waals surface area (Å²) in [6.45, 7) is 1.89. The van der Waals surface area contributed by atoms with Crippen LogP contribution in [-0.2, 0) is 13.1 Å². The van der Waals surface area contributed by atoms with Crippen LogP contribution in [0.25, 0.3) is 11.0 Å². The molecule has 32 heavy (non-hydrogen) atoms. The van der Waals surface area contributed by atoms with E-state index < -0.39 is 11.9 Å². The van der Waals surface area contributed by atoms with E-state index in [9.17, 15) is 19.1 Å². The van der Waals surface area contributed by atoms with Gasteiger partial charge in [-0.05, 0) is 55.0 Å². The molecule has 4 rings (SSSR count). The number of nitrogen functional groups attached to an aromatic ring is 1. The third-order valence-electron chi connectivity index (χ3n) is 5.19. The lowest BCUT2D eigenvalue weighted by Gasteiger charge is -2.09. The number of imidazole rings is 1. The van der Waals surface area contributed by atoms with Crippen molar-refractivity contribution in [2.75, 3.05) is 11.1 Å². The molecule has 164 valence electrons. The van der Waals surface area contributed by atoms with Crippen LogP contribution in [0.15, 0.2) is 71.5 Å². The molecule has 1 unspecified atom stereocenters. The highest BCUT2D eigenvalue weighted by atomic mass is 19.1. The molecular weight excluding hydrogens is 411 g/mol. The molecule has 0 saturated carbocycles. The molecule has 8 heteroatoms. The van der Waals surface area contributed by atoms with Crippen LogP contribution >= 0.6 is 0 Å². The predicted molar refractivity (Wildman–Crippen MR) is 122 cm³/mol. The van der Waals surface area contributed by atoms with Gasteiger partial charge in [-0.1, -0.05) is 24.3 Å². The third kappa shape index (κ3) is 4.26. The number of fused-ring (bicyclic) bond motifs is 1. The van der Waals surface area contributed by atoms with E-state index in [2.05, 4.69) is 5.32 Å². The average Bonchev–Trinajstić information content (AvgIpc) is 3.00. The number of nitrogens with zero attached hydrogens (tertiary/aromatic N) is 2. The van der Waals surface area contributed by atoms with Crippen LogP contribution in [0.4, 0.5) is 15.8 Å². The lowest BCUT2D eigenvalue weighted by atomic mass is 10.1. The number of halogens is 1. The maximum absolute atomic E-state index is 13.9. The Morgan fingerprint density at radius 1 is 1.06 bits per heavy atom. The molecule has 1 heterocycles. The quantitative estimate of drug-likeness (QED) is 0.406. The molecule has 0 aliphatic heterocycles. The number of aliphatic hydroxyl groups is 1. The van der Waals surface area contributed by atoms with Gasteiger partial charge in [0.15, 0.2) is 0 Å². The van der Waals surface area contributed by atoms with Crippen LogP contribution in [0.1, 0.15) is 22.8 Å². The van der Waals surface area contributed by atoms with Gasteiger partial charge in [0, 0.05) is 5.56 Å². The van der Waals surface area contributed by atoms with Crippen molar-refractivity contribution in [2.24, 2.45) is 0 Å². The molecule has 0 bridgehead atoms. The maximum atomic E-state index is 13.9. The first-order valence-corrected chi connectivity index (χ1v) is 10.1. The van der Waals surface area contributed by atoms with E-state index in [1.807, 2.05) is 0 Å². The van der Waals surface area contributed by atoms with Gasteiger partial charge < -0.3 is 16.2 Å². The fourth-order valence-corrected chi connectivity index (χ4v) is 3.64. The van der Waals surface area contributed by atoms with Crippen LogP contribution in [-0.4, -0.2) is 26.3 Å². The Kier molecular flexibility index (Phi) is 5.79. The van der Waals surface area contributed by atoms with E-state index in [1.165, 1.54) is 27.3 Å². The number of hydrogen-bond donors (Lipinski definition) is 3. The minimum Gasteiger partial charge on any atom is -0.397 e. The van der Waals surface area contributed by atoms with Crippen molar-refractivity contribution in [3.63, 3.8) is 0 Å². The van der Waals surface area contributed by atoms with Gasteiger partial charge in [0.05, 0.1) is 41.6 Å². The average molecular weight is 434 g/mol. The maximum Gasteiger partial charge on any atom is 0.329 e. The van der Waals surface area contributed by atoms with Crippen LogP contribution < -0.4 is 16.7 Å². The van der Waals surface area contributed by atoms with Gasteiger partial charge >= 0.3 is 5.69 Å². The molecule has 0 spiro atoms. The van der Waals surface area contributed by atoms with Crippen molar-refractivity contribution >= 4 is 28.3 Å². The van der Waals surface area contributed by atoms with E-state index >= 15 is 0 Å². The summed E-state index contributed by atoms with van der Waals surface area (Å²) < 4.78 is 16.8. The van der Waals surface area contributed by atoms with Gasteiger partial charge in [-0.25, -0.2) is 9.18 Å². The zero-order valence-electron chi connectivity index (χ0n) is 17.5. The second kappa shape index (κ2) is 8.68. The van der Waals surface area contributed by atoms with Crippen molar-refractivity contribution < 1.29 is 14.3 Å².